The number of hydrogen-bond donors (Lipinski definition) is 2. The lowest BCUT2D eigenvalue weighted by Crippen LogP contribution is -2.25. The summed E-state index contributed by atoms with van der Waals surface area (Å²) in [6.07, 6.45) is 4.22. The van der Waals surface area contributed by atoms with Gasteiger partial charge in [-0.3, -0.25) is 4.79 Å². The van der Waals surface area contributed by atoms with E-state index in [1.54, 1.807) is 0 Å². The van der Waals surface area contributed by atoms with Crippen molar-refractivity contribution >= 4 is 16.8 Å². The summed E-state index contributed by atoms with van der Waals surface area (Å²) in [5, 5.41) is 4.27. The summed E-state index contributed by atoms with van der Waals surface area (Å²) in [5.41, 5.74) is 4.87. The van der Waals surface area contributed by atoms with Gasteiger partial charge >= 0.3 is 0 Å². The highest BCUT2D eigenvalue weighted by Crippen LogP contribution is 2.19. The van der Waals surface area contributed by atoms with Gasteiger partial charge in [0.05, 0.1) is 0 Å². The van der Waals surface area contributed by atoms with Crippen LogP contribution in [-0.2, 0) is 17.6 Å². The van der Waals surface area contributed by atoms with Gasteiger partial charge in [0.25, 0.3) is 0 Å². The number of aromatic nitrogens is 1. The Hall–Kier alpha value is -2.55. The van der Waals surface area contributed by atoms with Crippen LogP contribution in [0, 0.1) is 6.92 Å². The predicted molar refractivity (Wildman–Crippen MR) is 94.5 cm³/mol. The lowest BCUT2D eigenvalue weighted by Gasteiger charge is -2.05. The molecule has 2 aromatic carbocycles. The topological polar surface area (TPSA) is 44.9 Å². The van der Waals surface area contributed by atoms with Crippen LogP contribution in [0.1, 0.15) is 23.1 Å². The molecule has 0 bridgehead atoms. The first-order chi connectivity index (χ1) is 11.2. The van der Waals surface area contributed by atoms with Crippen LogP contribution in [0.5, 0.6) is 0 Å². The average molecular weight is 306 g/mol. The number of carbonyl (C=O) groups excluding carboxylic acids is 1. The summed E-state index contributed by atoms with van der Waals surface area (Å²) in [6.45, 7) is 2.77. The summed E-state index contributed by atoms with van der Waals surface area (Å²) >= 11 is 0. The lowest BCUT2D eigenvalue weighted by molar-refractivity contribution is -0.121. The fourth-order valence-corrected chi connectivity index (χ4v) is 2.83. The third-order valence-corrected chi connectivity index (χ3v) is 4.12. The molecule has 0 spiro atoms. The van der Waals surface area contributed by atoms with Gasteiger partial charge in [0.1, 0.15) is 0 Å². The highest BCUT2D eigenvalue weighted by molar-refractivity contribution is 5.84. The molecule has 1 amide bonds. The van der Waals surface area contributed by atoms with Crippen LogP contribution in [0.15, 0.2) is 54.7 Å². The third kappa shape index (κ3) is 4.01. The predicted octanol–water partition coefficient (Wildman–Crippen LogP) is 3.77. The van der Waals surface area contributed by atoms with E-state index in [0.717, 1.165) is 18.4 Å². The second kappa shape index (κ2) is 7.14. The van der Waals surface area contributed by atoms with Gasteiger partial charge in [-0.1, -0.05) is 42.0 Å². The molecule has 0 saturated carbocycles. The molecule has 0 aliphatic carbocycles. The second-order valence-corrected chi connectivity index (χ2v) is 5.95. The Kier molecular flexibility index (Phi) is 4.77. The van der Waals surface area contributed by atoms with Crippen molar-refractivity contribution in [2.45, 2.75) is 26.2 Å². The van der Waals surface area contributed by atoms with E-state index in [1.165, 1.54) is 22.1 Å². The number of aromatic amines is 1. The van der Waals surface area contributed by atoms with E-state index in [-0.39, 0.29) is 5.91 Å². The first-order valence-corrected chi connectivity index (χ1v) is 8.09. The van der Waals surface area contributed by atoms with Gasteiger partial charge in [0.15, 0.2) is 0 Å². The maximum absolute atomic E-state index is 11.9. The van der Waals surface area contributed by atoms with Crippen LogP contribution >= 0.6 is 0 Å². The SMILES string of the molecule is Cc1ccc2[nH]cc(CCNC(=O)CCc3ccccc3)c2c1. The van der Waals surface area contributed by atoms with Crippen molar-refractivity contribution < 1.29 is 4.79 Å². The van der Waals surface area contributed by atoms with E-state index in [9.17, 15) is 4.79 Å². The number of rotatable bonds is 6. The van der Waals surface area contributed by atoms with E-state index in [2.05, 4.69) is 47.6 Å². The van der Waals surface area contributed by atoms with E-state index in [4.69, 9.17) is 0 Å². The number of nitrogens with one attached hydrogen (secondary N) is 2. The van der Waals surface area contributed by atoms with Gasteiger partial charge in [-0.2, -0.15) is 0 Å². The van der Waals surface area contributed by atoms with Crippen LogP contribution in [-0.4, -0.2) is 17.4 Å². The molecule has 3 nitrogen and oxygen atoms in total. The van der Waals surface area contributed by atoms with Crippen molar-refractivity contribution in [3.05, 3.63) is 71.4 Å². The summed E-state index contributed by atoms with van der Waals surface area (Å²) in [7, 11) is 0. The molecule has 23 heavy (non-hydrogen) atoms. The van der Waals surface area contributed by atoms with E-state index in [0.29, 0.717) is 13.0 Å². The number of fused-ring (bicyclic) bond motifs is 1. The molecule has 0 aliphatic rings. The minimum absolute atomic E-state index is 0.116. The Balaban J connectivity index is 1.48. The summed E-state index contributed by atoms with van der Waals surface area (Å²) < 4.78 is 0. The van der Waals surface area contributed by atoms with E-state index < -0.39 is 0 Å². The van der Waals surface area contributed by atoms with Crippen LogP contribution in [0.3, 0.4) is 0 Å². The Morgan fingerprint density at radius 3 is 2.74 bits per heavy atom. The number of amides is 1. The van der Waals surface area contributed by atoms with Gasteiger partial charge in [-0.15, -0.1) is 0 Å². The molecule has 0 aliphatic heterocycles. The standard InChI is InChI=1S/C20H22N2O/c1-15-7-9-19-18(13-15)17(14-22-19)11-12-21-20(23)10-8-16-5-3-2-4-6-16/h2-7,9,13-14,22H,8,10-12H2,1H3,(H,21,23). The molecule has 118 valence electrons. The normalized spacial score (nSPS) is 10.8. The number of aryl methyl sites for hydroxylation is 2. The number of benzene rings is 2. The highest BCUT2D eigenvalue weighted by Gasteiger charge is 2.05. The minimum atomic E-state index is 0.116. The van der Waals surface area contributed by atoms with Crippen molar-refractivity contribution in [1.82, 2.24) is 10.3 Å². The van der Waals surface area contributed by atoms with Gasteiger partial charge in [-0.25, -0.2) is 0 Å². The van der Waals surface area contributed by atoms with Crippen LogP contribution < -0.4 is 5.32 Å². The molecule has 0 radical (unpaired) electrons. The number of H-pyrrole nitrogens is 1. The smallest absolute Gasteiger partial charge is 0.220 e. The Bertz CT molecular complexity index is 790. The third-order valence-electron chi connectivity index (χ3n) is 4.12. The monoisotopic (exact) mass is 306 g/mol. The molecule has 1 aromatic heterocycles. The molecular formula is C20H22N2O. The molecule has 0 atom stereocenters. The summed E-state index contributed by atoms with van der Waals surface area (Å²) in [5.74, 6) is 0.116. The number of carbonyl (C=O) groups is 1. The highest BCUT2D eigenvalue weighted by atomic mass is 16.1. The molecule has 0 saturated heterocycles. The van der Waals surface area contributed by atoms with Crippen LogP contribution in [0.25, 0.3) is 10.9 Å². The zero-order valence-corrected chi connectivity index (χ0v) is 13.4. The Morgan fingerprint density at radius 1 is 1.09 bits per heavy atom. The van der Waals surface area contributed by atoms with Crippen molar-refractivity contribution in [3.63, 3.8) is 0 Å². The number of hydrogen-bond acceptors (Lipinski definition) is 1. The van der Waals surface area contributed by atoms with Crippen molar-refractivity contribution in [2.75, 3.05) is 6.54 Å². The molecule has 2 N–H and O–H groups in total. The van der Waals surface area contributed by atoms with Crippen LogP contribution in [0.4, 0.5) is 0 Å². The zero-order valence-electron chi connectivity index (χ0n) is 13.4. The van der Waals surface area contributed by atoms with Crippen LogP contribution in [0.2, 0.25) is 0 Å². The average Bonchev–Trinajstić information content (AvgIpc) is 2.96. The first kappa shape index (κ1) is 15.3. The molecule has 0 fully saturated rings. The van der Waals surface area contributed by atoms with Crippen molar-refractivity contribution in [3.8, 4) is 0 Å². The summed E-state index contributed by atoms with van der Waals surface area (Å²) in [4.78, 5) is 15.2. The van der Waals surface area contributed by atoms with Crippen molar-refractivity contribution in [1.29, 1.82) is 0 Å². The quantitative estimate of drug-likeness (QED) is 0.715. The second-order valence-electron chi connectivity index (χ2n) is 5.95. The maximum atomic E-state index is 11.9. The molecule has 3 rings (SSSR count). The maximum Gasteiger partial charge on any atom is 0.220 e. The van der Waals surface area contributed by atoms with Crippen molar-refractivity contribution in [2.24, 2.45) is 0 Å². The van der Waals surface area contributed by atoms with E-state index >= 15 is 0 Å². The minimum Gasteiger partial charge on any atom is -0.361 e. The fraction of sp³-hybridized carbons (Fsp3) is 0.250. The van der Waals surface area contributed by atoms with Gasteiger partial charge < -0.3 is 10.3 Å². The molecular weight excluding hydrogens is 284 g/mol. The molecule has 0 unspecified atom stereocenters. The van der Waals surface area contributed by atoms with Gasteiger partial charge in [-0.05, 0) is 43.0 Å². The Labute approximate surface area is 136 Å². The first-order valence-electron chi connectivity index (χ1n) is 8.09. The molecule has 3 heteroatoms. The van der Waals surface area contributed by atoms with Gasteiger partial charge in [0, 0.05) is 30.1 Å². The summed E-state index contributed by atoms with van der Waals surface area (Å²) in [6, 6.07) is 16.5. The van der Waals surface area contributed by atoms with E-state index in [1.807, 2.05) is 24.4 Å². The Morgan fingerprint density at radius 2 is 1.91 bits per heavy atom. The molecule has 1 heterocycles. The molecule has 3 aromatic rings. The van der Waals surface area contributed by atoms with Gasteiger partial charge in [0.2, 0.25) is 5.91 Å². The lowest BCUT2D eigenvalue weighted by atomic mass is 10.1. The zero-order chi connectivity index (χ0) is 16.1. The largest absolute Gasteiger partial charge is 0.361 e. The fourth-order valence-electron chi connectivity index (χ4n) is 2.83.